The quantitative estimate of drug-likeness (QED) is 0.572. The molecule has 2 aromatic rings. The molecule has 0 aliphatic heterocycles. The van der Waals surface area contributed by atoms with E-state index in [0.717, 1.165) is 35.4 Å². The number of allylic oxidation sites excluding steroid dienone is 2. The van der Waals surface area contributed by atoms with Crippen LogP contribution in [0, 0.1) is 13.8 Å². The van der Waals surface area contributed by atoms with Gasteiger partial charge in [0.2, 0.25) is 0 Å². The Kier molecular flexibility index (Phi) is 5.24. The van der Waals surface area contributed by atoms with E-state index in [9.17, 15) is 0 Å². The second kappa shape index (κ2) is 7.25. The lowest BCUT2D eigenvalue weighted by atomic mass is 9.84. The summed E-state index contributed by atoms with van der Waals surface area (Å²) in [5.74, 6) is 0. The number of hydrogen-bond donors (Lipinski definition) is 1. The van der Waals surface area contributed by atoms with Crippen molar-refractivity contribution in [3.63, 3.8) is 0 Å². The second-order valence-corrected chi connectivity index (χ2v) is 7.65. The van der Waals surface area contributed by atoms with E-state index >= 15 is 0 Å². The molecule has 0 radical (unpaired) electrons. The summed E-state index contributed by atoms with van der Waals surface area (Å²) in [6.45, 7) is 12.9. The molecule has 0 saturated carbocycles. The van der Waals surface area contributed by atoms with Gasteiger partial charge in [-0.15, -0.1) is 0 Å². The van der Waals surface area contributed by atoms with Crippen molar-refractivity contribution in [3.05, 3.63) is 74.6 Å². The summed E-state index contributed by atoms with van der Waals surface area (Å²) in [5, 5.41) is 0.828. The molecule has 1 aliphatic carbocycles. The van der Waals surface area contributed by atoms with Crippen LogP contribution in [0.2, 0.25) is 5.02 Å². The van der Waals surface area contributed by atoms with Crippen molar-refractivity contribution >= 4 is 17.2 Å². The first-order valence-electron chi connectivity index (χ1n) is 9.30. The molecule has 3 rings (SSSR count). The highest BCUT2D eigenvalue weighted by molar-refractivity contribution is 6.31. The van der Waals surface area contributed by atoms with Gasteiger partial charge in [0.1, 0.15) is 0 Å². The van der Waals surface area contributed by atoms with E-state index in [2.05, 4.69) is 57.5 Å². The summed E-state index contributed by atoms with van der Waals surface area (Å²) in [5.41, 5.74) is 11.7. The van der Waals surface area contributed by atoms with Gasteiger partial charge in [-0.25, -0.2) is 0 Å². The first-order valence-corrected chi connectivity index (χ1v) is 9.68. The first kappa shape index (κ1) is 18.1. The molecule has 0 atom stereocenters. The molecule has 0 amide bonds. The topological polar surface area (TPSA) is 15.8 Å². The maximum Gasteiger partial charge on any atom is 0.0441 e. The number of aromatic nitrogens is 1. The van der Waals surface area contributed by atoms with Gasteiger partial charge in [0.05, 0.1) is 0 Å². The van der Waals surface area contributed by atoms with Crippen molar-refractivity contribution in [3.8, 4) is 0 Å². The molecule has 0 fully saturated rings. The van der Waals surface area contributed by atoms with Crippen LogP contribution >= 0.6 is 11.6 Å². The highest BCUT2D eigenvalue weighted by Crippen LogP contribution is 2.39. The van der Waals surface area contributed by atoms with Crippen LogP contribution in [-0.4, -0.2) is 4.98 Å². The zero-order valence-corrected chi connectivity index (χ0v) is 16.6. The number of benzene rings is 1. The number of nitrogens with one attached hydrogen (secondary N) is 1. The van der Waals surface area contributed by atoms with E-state index in [0.29, 0.717) is 0 Å². The van der Waals surface area contributed by atoms with E-state index < -0.39 is 0 Å². The van der Waals surface area contributed by atoms with Gasteiger partial charge in [0.25, 0.3) is 0 Å². The molecule has 2 heteroatoms. The van der Waals surface area contributed by atoms with Gasteiger partial charge in [0, 0.05) is 22.0 Å². The molecule has 1 aromatic heterocycles. The Balaban J connectivity index is 2.32. The van der Waals surface area contributed by atoms with Gasteiger partial charge in [-0.3, -0.25) is 0 Å². The maximum atomic E-state index is 6.48. The Hall–Kier alpha value is -1.73. The van der Waals surface area contributed by atoms with Crippen molar-refractivity contribution in [2.45, 2.75) is 59.8 Å². The number of halogens is 1. The molecule has 1 heterocycles. The molecule has 0 bridgehead atoms. The van der Waals surface area contributed by atoms with E-state index in [1.54, 1.807) is 0 Å². The van der Waals surface area contributed by atoms with Crippen molar-refractivity contribution in [1.29, 1.82) is 0 Å². The minimum atomic E-state index is 0.828. The van der Waals surface area contributed by atoms with Crippen molar-refractivity contribution < 1.29 is 0 Å². The van der Waals surface area contributed by atoms with Crippen LogP contribution < -0.4 is 0 Å². The van der Waals surface area contributed by atoms with Crippen LogP contribution in [0.3, 0.4) is 0 Å². The monoisotopic (exact) mass is 353 g/mol. The molecule has 132 valence electrons. The predicted molar refractivity (Wildman–Crippen MR) is 109 cm³/mol. The molecular formula is C23H28ClN. The van der Waals surface area contributed by atoms with Crippen molar-refractivity contribution in [2.24, 2.45) is 0 Å². The van der Waals surface area contributed by atoms with Gasteiger partial charge in [-0.1, -0.05) is 42.8 Å². The summed E-state index contributed by atoms with van der Waals surface area (Å²) in [6, 6.07) is 6.45. The lowest BCUT2D eigenvalue weighted by molar-refractivity contribution is 0.676. The lowest BCUT2D eigenvalue weighted by Gasteiger charge is -2.20. The van der Waals surface area contributed by atoms with Gasteiger partial charge in [-0.2, -0.15) is 0 Å². The number of aromatic amines is 1. The Bertz CT molecular complexity index is 851. The Morgan fingerprint density at radius 2 is 1.92 bits per heavy atom. The molecule has 1 nitrogen and oxygen atoms in total. The number of rotatable bonds is 4. The highest BCUT2D eigenvalue weighted by atomic mass is 35.5. The Labute approximate surface area is 156 Å². The summed E-state index contributed by atoms with van der Waals surface area (Å²) in [4.78, 5) is 3.66. The Morgan fingerprint density at radius 3 is 2.56 bits per heavy atom. The van der Waals surface area contributed by atoms with E-state index in [1.165, 1.54) is 52.1 Å². The maximum absolute atomic E-state index is 6.48. The third-order valence-electron chi connectivity index (χ3n) is 5.36. The molecule has 0 saturated heterocycles. The predicted octanol–water partition coefficient (Wildman–Crippen LogP) is 6.95. The molecule has 1 aromatic carbocycles. The van der Waals surface area contributed by atoms with E-state index in [-0.39, 0.29) is 0 Å². The summed E-state index contributed by atoms with van der Waals surface area (Å²) in [7, 11) is 0. The van der Waals surface area contributed by atoms with Crippen LogP contribution in [0.4, 0.5) is 0 Å². The minimum Gasteiger partial charge on any atom is -0.362 e. The smallest absolute Gasteiger partial charge is 0.0441 e. The summed E-state index contributed by atoms with van der Waals surface area (Å²) < 4.78 is 0. The number of aryl methyl sites for hydroxylation is 3. The van der Waals surface area contributed by atoms with Gasteiger partial charge >= 0.3 is 0 Å². The molecule has 1 N–H and O–H groups in total. The average Bonchev–Trinajstić information content (AvgIpc) is 2.90. The van der Waals surface area contributed by atoms with Crippen LogP contribution in [0.15, 0.2) is 35.9 Å². The number of fused-ring (bicyclic) bond motifs is 1. The molecular weight excluding hydrogens is 326 g/mol. The minimum absolute atomic E-state index is 0.828. The Morgan fingerprint density at radius 1 is 1.20 bits per heavy atom. The van der Waals surface area contributed by atoms with Crippen LogP contribution in [0.25, 0.3) is 5.57 Å². The standard InChI is InChI=1S/C23H28ClN/c1-6-18(14(2)3)23(17-12-11-15(4)20(24)13-17)22-16(5)25-21-10-8-7-9-19(21)22/h11-13,25H,2,6-10H2,1,3-5H3/b23-18-. The first-order chi connectivity index (χ1) is 11.9. The van der Waals surface area contributed by atoms with E-state index in [4.69, 9.17) is 11.6 Å². The fraction of sp³-hybridized carbons (Fsp3) is 0.391. The average molecular weight is 354 g/mol. The molecule has 0 spiro atoms. The van der Waals surface area contributed by atoms with Crippen LogP contribution in [-0.2, 0) is 12.8 Å². The normalized spacial score (nSPS) is 14.9. The largest absolute Gasteiger partial charge is 0.362 e. The number of hydrogen-bond acceptors (Lipinski definition) is 0. The van der Waals surface area contributed by atoms with Crippen LogP contribution in [0.5, 0.6) is 0 Å². The fourth-order valence-electron chi connectivity index (χ4n) is 4.08. The van der Waals surface area contributed by atoms with Gasteiger partial charge in [0.15, 0.2) is 0 Å². The number of H-pyrrole nitrogens is 1. The lowest BCUT2D eigenvalue weighted by Crippen LogP contribution is -2.04. The second-order valence-electron chi connectivity index (χ2n) is 7.24. The summed E-state index contributed by atoms with van der Waals surface area (Å²) in [6.07, 6.45) is 5.84. The third kappa shape index (κ3) is 3.35. The zero-order valence-electron chi connectivity index (χ0n) is 15.9. The molecule has 0 unspecified atom stereocenters. The van der Waals surface area contributed by atoms with Gasteiger partial charge in [-0.05, 0) is 86.8 Å². The molecule has 1 aliphatic rings. The van der Waals surface area contributed by atoms with Crippen LogP contribution in [0.1, 0.15) is 66.8 Å². The van der Waals surface area contributed by atoms with Gasteiger partial charge < -0.3 is 4.98 Å². The van der Waals surface area contributed by atoms with Crippen molar-refractivity contribution in [1.82, 2.24) is 4.98 Å². The van der Waals surface area contributed by atoms with Crippen molar-refractivity contribution in [2.75, 3.05) is 0 Å². The third-order valence-corrected chi connectivity index (χ3v) is 5.77. The highest BCUT2D eigenvalue weighted by Gasteiger charge is 2.24. The van der Waals surface area contributed by atoms with E-state index in [1.807, 2.05) is 0 Å². The fourth-order valence-corrected chi connectivity index (χ4v) is 4.26. The summed E-state index contributed by atoms with van der Waals surface area (Å²) >= 11 is 6.48. The molecule has 25 heavy (non-hydrogen) atoms. The SMILES string of the molecule is C=C(C)/C(CC)=C(/c1ccc(C)c(Cl)c1)c1c(C)[nH]c2c1CCCC2. The zero-order chi connectivity index (χ0) is 18.1.